The monoisotopic (exact) mass is 243 g/mol. The van der Waals surface area contributed by atoms with E-state index in [9.17, 15) is 0 Å². The summed E-state index contributed by atoms with van der Waals surface area (Å²) >= 11 is 3.49. The average Bonchev–Trinajstić information content (AvgIpc) is 2.48. The summed E-state index contributed by atoms with van der Waals surface area (Å²) in [6, 6.07) is 0. The van der Waals surface area contributed by atoms with Crippen LogP contribution in [-0.4, -0.2) is 16.1 Å². The molecule has 0 bridgehead atoms. The maximum atomic E-state index is 5.55. The Balaban J connectivity index is 2.11. The zero-order chi connectivity index (χ0) is 9.26. The molecule has 1 aromatic heterocycles. The SMILES string of the molecule is NCCC1CCn2c(Br)cnc2C1. The van der Waals surface area contributed by atoms with Crippen LogP contribution < -0.4 is 5.73 Å². The fraction of sp³-hybridized carbons (Fsp3) is 0.667. The highest BCUT2D eigenvalue weighted by molar-refractivity contribution is 9.10. The average molecular weight is 244 g/mol. The second-order valence-corrected chi connectivity index (χ2v) is 4.40. The van der Waals surface area contributed by atoms with Gasteiger partial charge in [-0.05, 0) is 41.2 Å². The molecule has 1 atom stereocenters. The van der Waals surface area contributed by atoms with E-state index < -0.39 is 0 Å². The number of hydrogen-bond donors (Lipinski definition) is 1. The summed E-state index contributed by atoms with van der Waals surface area (Å²) in [4.78, 5) is 4.36. The normalized spacial score (nSPS) is 21.5. The molecule has 72 valence electrons. The van der Waals surface area contributed by atoms with Crippen molar-refractivity contribution in [2.24, 2.45) is 11.7 Å². The van der Waals surface area contributed by atoms with Crippen LogP contribution in [0.25, 0.3) is 0 Å². The zero-order valence-electron chi connectivity index (χ0n) is 7.54. The van der Waals surface area contributed by atoms with Crippen LogP contribution in [0.2, 0.25) is 0 Å². The Morgan fingerprint density at radius 2 is 2.54 bits per heavy atom. The van der Waals surface area contributed by atoms with Crippen LogP contribution in [0.5, 0.6) is 0 Å². The van der Waals surface area contributed by atoms with Gasteiger partial charge in [0, 0.05) is 13.0 Å². The second kappa shape index (κ2) is 3.80. The third kappa shape index (κ3) is 1.79. The number of imidazole rings is 1. The maximum absolute atomic E-state index is 5.55. The van der Waals surface area contributed by atoms with Crippen LogP contribution in [0.4, 0.5) is 0 Å². The third-order valence-corrected chi connectivity index (χ3v) is 3.33. The molecule has 4 heteroatoms. The minimum Gasteiger partial charge on any atom is -0.330 e. The molecule has 0 saturated carbocycles. The minimum absolute atomic E-state index is 0.742. The predicted molar refractivity (Wildman–Crippen MR) is 55.4 cm³/mol. The van der Waals surface area contributed by atoms with Gasteiger partial charge in [-0.25, -0.2) is 4.98 Å². The lowest BCUT2D eigenvalue weighted by atomic mass is 9.94. The van der Waals surface area contributed by atoms with E-state index in [4.69, 9.17) is 5.73 Å². The van der Waals surface area contributed by atoms with Crippen LogP contribution in [0.15, 0.2) is 10.8 Å². The first-order valence-electron chi connectivity index (χ1n) is 4.71. The minimum atomic E-state index is 0.742. The molecule has 0 fully saturated rings. The van der Waals surface area contributed by atoms with Crippen LogP contribution in [0.1, 0.15) is 18.7 Å². The van der Waals surface area contributed by atoms with Crippen molar-refractivity contribution in [3.63, 3.8) is 0 Å². The molecule has 13 heavy (non-hydrogen) atoms. The Labute approximate surface area is 86.5 Å². The topological polar surface area (TPSA) is 43.8 Å². The van der Waals surface area contributed by atoms with Crippen molar-refractivity contribution in [1.29, 1.82) is 0 Å². The highest BCUT2D eigenvalue weighted by atomic mass is 79.9. The van der Waals surface area contributed by atoms with Crippen molar-refractivity contribution >= 4 is 15.9 Å². The van der Waals surface area contributed by atoms with E-state index in [1.807, 2.05) is 6.20 Å². The van der Waals surface area contributed by atoms with E-state index in [1.54, 1.807) is 0 Å². The summed E-state index contributed by atoms with van der Waals surface area (Å²) in [5.74, 6) is 1.95. The molecule has 2 N–H and O–H groups in total. The van der Waals surface area contributed by atoms with Gasteiger partial charge in [0.05, 0.1) is 6.20 Å². The van der Waals surface area contributed by atoms with Crippen molar-refractivity contribution in [3.8, 4) is 0 Å². The fourth-order valence-electron chi connectivity index (χ4n) is 1.94. The first-order valence-corrected chi connectivity index (χ1v) is 5.50. The summed E-state index contributed by atoms with van der Waals surface area (Å²) < 4.78 is 3.35. The van der Waals surface area contributed by atoms with Crippen molar-refractivity contribution in [2.45, 2.75) is 25.8 Å². The van der Waals surface area contributed by atoms with Crippen LogP contribution in [0.3, 0.4) is 0 Å². The molecule has 2 rings (SSSR count). The molecule has 2 heterocycles. The van der Waals surface area contributed by atoms with Gasteiger partial charge in [-0.3, -0.25) is 0 Å². The lowest BCUT2D eigenvalue weighted by molar-refractivity contribution is 0.363. The molecule has 1 aliphatic rings. The first-order chi connectivity index (χ1) is 6.31. The molecule has 1 aromatic rings. The molecule has 0 aliphatic carbocycles. The van der Waals surface area contributed by atoms with Gasteiger partial charge in [0.2, 0.25) is 0 Å². The Hall–Kier alpha value is -0.350. The van der Waals surface area contributed by atoms with Gasteiger partial charge < -0.3 is 10.3 Å². The smallest absolute Gasteiger partial charge is 0.109 e. The van der Waals surface area contributed by atoms with Gasteiger partial charge in [0.15, 0.2) is 0 Å². The van der Waals surface area contributed by atoms with Crippen LogP contribution >= 0.6 is 15.9 Å². The summed E-state index contributed by atoms with van der Waals surface area (Å²) in [6.45, 7) is 1.88. The second-order valence-electron chi connectivity index (χ2n) is 3.58. The highest BCUT2D eigenvalue weighted by Crippen LogP contribution is 2.25. The summed E-state index contributed by atoms with van der Waals surface area (Å²) in [5, 5.41) is 0. The van der Waals surface area contributed by atoms with Crippen LogP contribution in [0, 0.1) is 5.92 Å². The fourth-order valence-corrected chi connectivity index (χ4v) is 2.43. The van der Waals surface area contributed by atoms with E-state index in [2.05, 4.69) is 25.5 Å². The largest absolute Gasteiger partial charge is 0.330 e. The Kier molecular flexibility index (Phi) is 2.69. The Morgan fingerprint density at radius 1 is 1.69 bits per heavy atom. The van der Waals surface area contributed by atoms with Gasteiger partial charge in [-0.15, -0.1) is 0 Å². The molecular formula is C9H14BrN3. The number of fused-ring (bicyclic) bond motifs is 1. The van der Waals surface area contributed by atoms with Gasteiger partial charge in [-0.2, -0.15) is 0 Å². The summed E-state index contributed by atoms with van der Waals surface area (Å²) in [6.07, 6.45) is 5.34. The van der Waals surface area contributed by atoms with E-state index in [0.29, 0.717) is 0 Å². The zero-order valence-corrected chi connectivity index (χ0v) is 9.13. The lowest BCUT2D eigenvalue weighted by Crippen LogP contribution is -2.21. The quantitative estimate of drug-likeness (QED) is 0.857. The molecular weight excluding hydrogens is 230 g/mol. The molecule has 0 radical (unpaired) electrons. The number of rotatable bonds is 2. The molecule has 0 amide bonds. The van der Waals surface area contributed by atoms with Crippen molar-refractivity contribution in [1.82, 2.24) is 9.55 Å². The van der Waals surface area contributed by atoms with Crippen molar-refractivity contribution in [3.05, 3.63) is 16.6 Å². The van der Waals surface area contributed by atoms with E-state index >= 15 is 0 Å². The van der Waals surface area contributed by atoms with E-state index in [1.165, 1.54) is 12.2 Å². The third-order valence-electron chi connectivity index (χ3n) is 2.70. The number of halogens is 1. The summed E-state index contributed by atoms with van der Waals surface area (Å²) in [5.41, 5.74) is 5.55. The van der Waals surface area contributed by atoms with Gasteiger partial charge >= 0.3 is 0 Å². The molecule has 1 unspecified atom stereocenters. The van der Waals surface area contributed by atoms with E-state index in [0.717, 1.165) is 36.5 Å². The lowest BCUT2D eigenvalue weighted by Gasteiger charge is -2.23. The van der Waals surface area contributed by atoms with Crippen LogP contribution in [-0.2, 0) is 13.0 Å². The molecule has 0 saturated heterocycles. The van der Waals surface area contributed by atoms with Gasteiger partial charge in [-0.1, -0.05) is 0 Å². The molecule has 3 nitrogen and oxygen atoms in total. The molecule has 0 spiro atoms. The molecule has 1 aliphatic heterocycles. The first kappa shape index (κ1) is 9.21. The Bertz CT molecular complexity index is 295. The van der Waals surface area contributed by atoms with Crippen molar-refractivity contribution in [2.75, 3.05) is 6.54 Å². The molecule has 0 aromatic carbocycles. The van der Waals surface area contributed by atoms with Gasteiger partial charge in [0.1, 0.15) is 10.4 Å². The van der Waals surface area contributed by atoms with Gasteiger partial charge in [0.25, 0.3) is 0 Å². The Morgan fingerprint density at radius 3 is 3.31 bits per heavy atom. The van der Waals surface area contributed by atoms with E-state index in [-0.39, 0.29) is 0 Å². The number of aromatic nitrogens is 2. The van der Waals surface area contributed by atoms with Crippen molar-refractivity contribution < 1.29 is 0 Å². The maximum Gasteiger partial charge on any atom is 0.109 e. The summed E-state index contributed by atoms with van der Waals surface area (Å²) in [7, 11) is 0. The number of nitrogens with two attached hydrogens (primary N) is 1. The number of nitrogens with zero attached hydrogens (tertiary/aromatic N) is 2. The number of hydrogen-bond acceptors (Lipinski definition) is 2. The standard InChI is InChI=1S/C9H14BrN3/c10-8-6-12-9-5-7(1-3-11)2-4-13(8)9/h6-7H,1-5,11H2. The highest BCUT2D eigenvalue weighted by Gasteiger charge is 2.20. The predicted octanol–water partition coefficient (Wildman–Crippen LogP) is 1.56.